The Balaban J connectivity index is 1.93. The SMILES string of the molecule is CCNC(C)CC1CCN(c2ccc(OC)c(Cl)c2)C1. The third-order valence-electron chi connectivity index (χ3n) is 4.03. The van der Waals surface area contributed by atoms with Crippen LogP contribution in [0.1, 0.15) is 26.7 Å². The number of benzene rings is 1. The van der Waals surface area contributed by atoms with Crippen molar-refractivity contribution in [1.29, 1.82) is 0 Å². The van der Waals surface area contributed by atoms with Crippen LogP contribution in [0, 0.1) is 5.92 Å². The highest BCUT2D eigenvalue weighted by atomic mass is 35.5. The van der Waals surface area contributed by atoms with E-state index in [1.54, 1.807) is 7.11 Å². The van der Waals surface area contributed by atoms with Gasteiger partial charge in [-0.2, -0.15) is 0 Å². The maximum Gasteiger partial charge on any atom is 0.137 e. The minimum atomic E-state index is 0.601. The van der Waals surface area contributed by atoms with Crippen molar-refractivity contribution in [2.45, 2.75) is 32.7 Å². The molecule has 1 fully saturated rings. The number of rotatable bonds is 6. The summed E-state index contributed by atoms with van der Waals surface area (Å²) in [5.74, 6) is 1.51. The Labute approximate surface area is 127 Å². The Kier molecular flexibility index (Phi) is 5.55. The van der Waals surface area contributed by atoms with E-state index in [-0.39, 0.29) is 0 Å². The largest absolute Gasteiger partial charge is 0.495 e. The Morgan fingerprint density at radius 1 is 1.50 bits per heavy atom. The van der Waals surface area contributed by atoms with Gasteiger partial charge in [0.25, 0.3) is 0 Å². The fraction of sp³-hybridized carbons (Fsp3) is 0.625. The van der Waals surface area contributed by atoms with E-state index >= 15 is 0 Å². The van der Waals surface area contributed by atoms with Crippen molar-refractivity contribution in [3.63, 3.8) is 0 Å². The highest BCUT2D eigenvalue weighted by Crippen LogP contribution is 2.32. The molecule has 4 heteroatoms. The molecule has 112 valence electrons. The number of halogens is 1. The average Bonchev–Trinajstić information content (AvgIpc) is 2.87. The minimum Gasteiger partial charge on any atom is -0.495 e. The minimum absolute atomic E-state index is 0.601. The molecular formula is C16H25ClN2O. The first-order valence-electron chi connectivity index (χ1n) is 7.46. The summed E-state index contributed by atoms with van der Waals surface area (Å²) in [4.78, 5) is 2.43. The normalized spacial score (nSPS) is 20.2. The van der Waals surface area contributed by atoms with Gasteiger partial charge in [0.05, 0.1) is 12.1 Å². The lowest BCUT2D eigenvalue weighted by molar-refractivity contribution is 0.415. The number of methoxy groups -OCH3 is 1. The van der Waals surface area contributed by atoms with Crippen molar-refractivity contribution in [3.8, 4) is 5.75 Å². The van der Waals surface area contributed by atoms with Crippen LogP contribution >= 0.6 is 11.6 Å². The molecule has 0 radical (unpaired) electrons. The number of hydrogen-bond donors (Lipinski definition) is 1. The molecule has 0 saturated carbocycles. The van der Waals surface area contributed by atoms with E-state index in [4.69, 9.17) is 16.3 Å². The molecule has 2 unspecified atom stereocenters. The molecule has 20 heavy (non-hydrogen) atoms. The summed E-state index contributed by atoms with van der Waals surface area (Å²) in [7, 11) is 1.65. The van der Waals surface area contributed by atoms with Crippen molar-refractivity contribution >= 4 is 17.3 Å². The second kappa shape index (κ2) is 7.19. The number of nitrogens with one attached hydrogen (secondary N) is 1. The van der Waals surface area contributed by atoms with Crippen LogP contribution in [0.25, 0.3) is 0 Å². The van der Waals surface area contributed by atoms with Crippen molar-refractivity contribution in [2.75, 3.05) is 31.6 Å². The molecule has 2 rings (SSSR count). The van der Waals surface area contributed by atoms with Gasteiger partial charge < -0.3 is 15.0 Å². The topological polar surface area (TPSA) is 24.5 Å². The smallest absolute Gasteiger partial charge is 0.137 e. The molecule has 1 aromatic carbocycles. The second-order valence-corrected chi connectivity index (χ2v) is 6.02. The molecule has 1 heterocycles. The Hall–Kier alpha value is -0.930. The van der Waals surface area contributed by atoms with E-state index < -0.39 is 0 Å². The fourth-order valence-corrected chi connectivity index (χ4v) is 3.30. The molecule has 1 aliphatic heterocycles. The highest BCUT2D eigenvalue weighted by molar-refractivity contribution is 6.32. The van der Waals surface area contributed by atoms with Crippen LogP contribution in [-0.2, 0) is 0 Å². The van der Waals surface area contributed by atoms with Crippen molar-refractivity contribution in [3.05, 3.63) is 23.2 Å². The van der Waals surface area contributed by atoms with Crippen LogP contribution < -0.4 is 15.0 Å². The van der Waals surface area contributed by atoms with E-state index in [0.29, 0.717) is 11.1 Å². The predicted octanol–water partition coefficient (Wildman–Crippen LogP) is 3.56. The quantitative estimate of drug-likeness (QED) is 0.868. The molecule has 3 nitrogen and oxygen atoms in total. The first-order chi connectivity index (χ1) is 9.63. The van der Waals surface area contributed by atoms with Crippen LogP contribution in [-0.4, -0.2) is 32.8 Å². The van der Waals surface area contributed by atoms with Gasteiger partial charge in [0.1, 0.15) is 5.75 Å². The van der Waals surface area contributed by atoms with Gasteiger partial charge in [0.15, 0.2) is 0 Å². The first kappa shape index (κ1) is 15.5. The van der Waals surface area contributed by atoms with E-state index in [1.807, 2.05) is 12.1 Å². The Bertz CT molecular complexity index is 438. The van der Waals surface area contributed by atoms with Gasteiger partial charge in [-0.1, -0.05) is 18.5 Å². The van der Waals surface area contributed by atoms with Crippen LogP contribution in [0.5, 0.6) is 5.75 Å². The molecule has 1 N–H and O–H groups in total. The summed E-state index contributed by atoms with van der Waals surface area (Å²) in [5, 5.41) is 4.18. The van der Waals surface area contributed by atoms with Crippen molar-refractivity contribution < 1.29 is 4.74 Å². The molecule has 0 amide bonds. The first-order valence-corrected chi connectivity index (χ1v) is 7.83. The van der Waals surface area contributed by atoms with Crippen LogP contribution in [0.2, 0.25) is 5.02 Å². The molecule has 0 spiro atoms. The monoisotopic (exact) mass is 296 g/mol. The fourth-order valence-electron chi connectivity index (χ4n) is 3.04. The van der Waals surface area contributed by atoms with E-state index in [2.05, 4.69) is 30.1 Å². The molecule has 0 bridgehead atoms. The predicted molar refractivity (Wildman–Crippen MR) is 86.1 cm³/mol. The second-order valence-electron chi connectivity index (χ2n) is 5.61. The summed E-state index contributed by atoms with van der Waals surface area (Å²) in [6.45, 7) is 7.73. The highest BCUT2D eigenvalue weighted by Gasteiger charge is 2.24. The molecule has 0 aromatic heterocycles. The third-order valence-corrected chi connectivity index (χ3v) is 4.32. The van der Waals surface area contributed by atoms with Crippen molar-refractivity contribution in [2.24, 2.45) is 5.92 Å². The molecule has 2 atom stereocenters. The number of hydrogen-bond acceptors (Lipinski definition) is 3. The van der Waals surface area contributed by atoms with Gasteiger partial charge >= 0.3 is 0 Å². The standard InChI is InChI=1S/C16H25ClN2O/c1-4-18-12(2)9-13-7-8-19(11-13)14-5-6-16(20-3)15(17)10-14/h5-6,10,12-13,18H,4,7-9,11H2,1-3H3. The molecule has 1 saturated heterocycles. The van der Waals surface area contributed by atoms with E-state index in [1.165, 1.54) is 18.5 Å². The summed E-state index contributed by atoms with van der Waals surface area (Å²) >= 11 is 6.21. The summed E-state index contributed by atoms with van der Waals surface area (Å²) in [5.41, 5.74) is 1.20. The van der Waals surface area contributed by atoms with Crippen molar-refractivity contribution in [1.82, 2.24) is 5.32 Å². The molecule has 0 aliphatic carbocycles. The zero-order valence-corrected chi connectivity index (χ0v) is 13.4. The van der Waals surface area contributed by atoms with E-state index in [0.717, 1.165) is 31.3 Å². The average molecular weight is 297 g/mol. The Morgan fingerprint density at radius 2 is 2.30 bits per heavy atom. The van der Waals surface area contributed by atoms with Gasteiger partial charge in [0.2, 0.25) is 0 Å². The third kappa shape index (κ3) is 3.80. The van der Waals surface area contributed by atoms with Gasteiger partial charge in [-0.15, -0.1) is 0 Å². The van der Waals surface area contributed by atoms with Gasteiger partial charge in [-0.25, -0.2) is 0 Å². The summed E-state index contributed by atoms with van der Waals surface area (Å²) in [6, 6.07) is 6.66. The molecule has 1 aromatic rings. The lowest BCUT2D eigenvalue weighted by Crippen LogP contribution is -2.29. The van der Waals surface area contributed by atoms with Crippen LogP contribution in [0.4, 0.5) is 5.69 Å². The van der Waals surface area contributed by atoms with Gasteiger partial charge in [-0.05, 0) is 50.4 Å². The lowest BCUT2D eigenvalue weighted by atomic mass is 10.0. The zero-order chi connectivity index (χ0) is 14.5. The van der Waals surface area contributed by atoms with E-state index in [9.17, 15) is 0 Å². The summed E-state index contributed by atoms with van der Waals surface area (Å²) in [6.07, 6.45) is 2.51. The van der Waals surface area contributed by atoms with Crippen LogP contribution in [0.3, 0.4) is 0 Å². The van der Waals surface area contributed by atoms with Crippen LogP contribution in [0.15, 0.2) is 18.2 Å². The summed E-state index contributed by atoms with van der Waals surface area (Å²) < 4.78 is 5.20. The maximum absolute atomic E-state index is 6.21. The number of nitrogens with zero attached hydrogens (tertiary/aromatic N) is 1. The Morgan fingerprint density at radius 3 is 2.95 bits per heavy atom. The molecule has 1 aliphatic rings. The van der Waals surface area contributed by atoms with Gasteiger partial charge in [0, 0.05) is 24.8 Å². The van der Waals surface area contributed by atoms with Gasteiger partial charge in [-0.3, -0.25) is 0 Å². The zero-order valence-electron chi connectivity index (χ0n) is 12.7. The lowest BCUT2D eigenvalue weighted by Gasteiger charge is -2.21. The number of anilines is 1. The number of ether oxygens (including phenoxy) is 1. The maximum atomic E-state index is 6.21. The molecular weight excluding hydrogens is 272 g/mol.